The minimum absolute atomic E-state index is 0.0855. The molecular weight excluding hydrogens is 398 g/mol. The molecule has 0 saturated carbocycles. The van der Waals surface area contributed by atoms with Crippen molar-refractivity contribution in [3.8, 4) is 0 Å². The summed E-state index contributed by atoms with van der Waals surface area (Å²) in [6, 6.07) is 0. The monoisotopic (exact) mass is 442 g/mol. The van der Waals surface area contributed by atoms with Crippen LogP contribution in [0.15, 0.2) is 12.2 Å². The quantitative estimate of drug-likeness (QED) is 0.122. The Balaban J connectivity index is 4.68. The van der Waals surface area contributed by atoms with Crippen molar-refractivity contribution < 1.29 is 34.2 Å². The van der Waals surface area contributed by atoms with E-state index in [1.54, 1.807) is 0 Å². The Morgan fingerprint density at radius 2 is 0.968 bits per heavy atom. The maximum atomic E-state index is 11.0. The van der Waals surface area contributed by atoms with Gasteiger partial charge in [-0.2, -0.15) is 0 Å². The van der Waals surface area contributed by atoms with Crippen molar-refractivity contribution in [1.82, 2.24) is 0 Å². The number of nitrogens with zero attached hydrogens (tertiary/aromatic N) is 1. The highest BCUT2D eigenvalue weighted by atomic mass is 16.4. The summed E-state index contributed by atoms with van der Waals surface area (Å²) < 4.78 is 0.630. The highest BCUT2D eigenvalue weighted by molar-refractivity contribution is 5.67. The minimum Gasteiger partial charge on any atom is -0.481 e. The van der Waals surface area contributed by atoms with Crippen molar-refractivity contribution >= 4 is 17.9 Å². The first kappa shape index (κ1) is 29.1. The van der Waals surface area contributed by atoms with E-state index in [2.05, 4.69) is 19.1 Å². The number of unbranched alkanes of at least 4 members (excludes halogenated alkanes) is 6. The van der Waals surface area contributed by atoms with Gasteiger partial charge in [0.2, 0.25) is 0 Å². The van der Waals surface area contributed by atoms with Gasteiger partial charge in [-0.25, -0.2) is 0 Å². The van der Waals surface area contributed by atoms with Crippen LogP contribution in [-0.2, 0) is 14.4 Å². The fraction of sp³-hybridized carbons (Fsp3) is 0.792. The van der Waals surface area contributed by atoms with Gasteiger partial charge < -0.3 is 19.8 Å². The van der Waals surface area contributed by atoms with Gasteiger partial charge in [-0.15, -0.1) is 0 Å². The minimum atomic E-state index is -0.832. The number of hydrogen-bond acceptors (Lipinski definition) is 3. The molecule has 0 aliphatic carbocycles. The molecule has 0 atom stereocenters. The lowest BCUT2D eigenvalue weighted by Crippen LogP contribution is -2.51. The molecular formula is C24H44NO6+. The molecule has 31 heavy (non-hydrogen) atoms. The molecule has 0 aromatic rings. The highest BCUT2D eigenvalue weighted by Crippen LogP contribution is 2.18. The predicted octanol–water partition coefficient (Wildman–Crippen LogP) is 5.09. The van der Waals surface area contributed by atoms with Gasteiger partial charge in [0.15, 0.2) is 0 Å². The van der Waals surface area contributed by atoms with E-state index in [-0.39, 0.29) is 19.3 Å². The lowest BCUT2D eigenvalue weighted by molar-refractivity contribution is -0.929. The third kappa shape index (κ3) is 18.6. The average Bonchev–Trinajstić information content (AvgIpc) is 2.68. The first-order valence-corrected chi connectivity index (χ1v) is 12.0. The third-order valence-electron chi connectivity index (χ3n) is 5.71. The number of quaternary nitrogens is 1. The van der Waals surface area contributed by atoms with Gasteiger partial charge in [-0.05, 0) is 32.1 Å². The lowest BCUT2D eigenvalue weighted by atomic mass is 10.1. The van der Waals surface area contributed by atoms with Crippen molar-refractivity contribution in [2.75, 3.05) is 26.2 Å². The van der Waals surface area contributed by atoms with E-state index in [1.165, 1.54) is 12.8 Å². The zero-order valence-corrected chi connectivity index (χ0v) is 19.4. The molecule has 0 aromatic carbocycles. The first-order chi connectivity index (χ1) is 14.8. The molecule has 0 rings (SSSR count). The van der Waals surface area contributed by atoms with Crippen LogP contribution in [0.4, 0.5) is 0 Å². The van der Waals surface area contributed by atoms with Crippen LogP contribution in [0, 0.1) is 0 Å². The Bertz CT molecular complexity index is 482. The van der Waals surface area contributed by atoms with Crippen LogP contribution < -0.4 is 0 Å². The van der Waals surface area contributed by atoms with Crippen molar-refractivity contribution in [1.29, 1.82) is 0 Å². The number of carboxylic acids is 3. The molecule has 0 bridgehead atoms. The van der Waals surface area contributed by atoms with E-state index in [4.69, 9.17) is 15.3 Å². The Morgan fingerprint density at radius 1 is 0.581 bits per heavy atom. The molecule has 0 aromatic heterocycles. The van der Waals surface area contributed by atoms with Crippen LogP contribution in [0.3, 0.4) is 0 Å². The zero-order chi connectivity index (χ0) is 23.4. The number of aliphatic carboxylic acids is 3. The molecule has 0 saturated heterocycles. The number of allylic oxidation sites excluding steroid dienone is 2. The highest BCUT2D eigenvalue weighted by Gasteiger charge is 2.27. The van der Waals surface area contributed by atoms with E-state index in [9.17, 15) is 14.4 Å². The van der Waals surface area contributed by atoms with E-state index < -0.39 is 17.9 Å². The molecule has 0 aliphatic heterocycles. The van der Waals surface area contributed by atoms with Crippen LogP contribution in [0.5, 0.6) is 0 Å². The molecule has 0 amide bonds. The third-order valence-corrected chi connectivity index (χ3v) is 5.71. The summed E-state index contributed by atoms with van der Waals surface area (Å²) in [7, 11) is 0. The van der Waals surface area contributed by atoms with Gasteiger partial charge in [-0.1, -0.05) is 38.3 Å². The SMILES string of the molecule is CCCC/C=C/CCCCCC[N+](CCCC(=O)O)(CCCC(=O)O)CCCC(=O)O. The van der Waals surface area contributed by atoms with Crippen LogP contribution in [0.2, 0.25) is 0 Å². The van der Waals surface area contributed by atoms with Gasteiger partial charge in [-0.3, -0.25) is 14.4 Å². The summed E-state index contributed by atoms with van der Waals surface area (Å²) >= 11 is 0. The fourth-order valence-corrected chi connectivity index (χ4v) is 3.99. The van der Waals surface area contributed by atoms with Gasteiger partial charge in [0.25, 0.3) is 0 Å². The standard InChI is InChI=1S/C24H43NO6/c1-2-3-4-5-6-7-8-9-10-11-18-25(19-12-15-22(26)27,20-13-16-23(28)29)21-14-17-24(30)31/h5-6H,2-4,7-21H2,1H3,(H2-,26,27,28,29,30,31)/p+1/b6-5+. The number of carboxylic acid groups (broad SMARTS) is 3. The molecule has 3 N–H and O–H groups in total. The fourth-order valence-electron chi connectivity index (χ4n) is 3.99. The van der Waals surface area contributed by atoms with Crippen LogP contribution in [-0.4, -0.2) is 63.9 Å². The summed E-state index contributed by atoms with van der Waals surface area (Å²) in [4.78, 5) is 32.9. The van der Waals surface area contributed by atoms with Crippen molar-refractivity contribution in [3.05, 3.63) is 12.2 Å². The Morgan fingerprint density at radius 3 is 1.39 bits per heavy atom. The zero-order valence-electron chi connectivity index (χ0n) is 19.4. The van der Waals surface area contributed by atoms with Gasteiger partial charge in [0.1, 0.15) is 0 Å². The normalized spacial score (nSPS) is 11.8. The second kappa shape index (κ2) is 18.8. The van der Waals surface area contributed by atoms with Crippen LogP contribution in [0.1, 0.15) is 96.8 Å². The molecule has 0 fully saturated rings. The number of hydrogen-bond donors (Lipinski definition) is 3. The molecule has 0 unspecified atom stereocenters. The topological polar surface area (TPSA) is 112 Å². The summed E-state index contributed by atoms with van der Waals surface area (Å²) in [6.45, 7) is 5.02. The van der Waals surface area contributed by atoms with E-state index >= 15 is 0 Å². The van der Waals surface area contributed by atoms with Gasteiger partial charge in [0, 0.05) is 19.3 Å². The molecule has 0 radical (unpaired) electrons. The number of rotatable bonds is 22. The first-order valence-electron chi connectivity index (χ1n) is 12.0. The summed E-state index contributed by atoms with van der Waals surface area (Å²) in [5.41, 5.74) is 0. The summed E-state index contributed by atoms with van der Waals surface area (Å²) in [5, 5.41) is 27.0. The Hall–Kier alpha value is -1.89. The van der Waals surface area contributed by atoms with E-state index in [1.807, 2.05) is 0 Å². The largest absolute Gasteiger partial charge is 0.481 e. The number of carbonyl (C=O) groups is 3. The van der Waals surface area contributed by atoms with Gasteiger partial charge >= 0.3 is 17.9 Å². The Kier molecular flexibility index (Phi) is 17.7. The molecule has 7 nitrogen and oxygen atoms in total. The molecule has 0 aliphatic rings. The van der Waals surface area contributed by atoms with E-state index in [0.29, 0.717) is 43.4 Å². The molecule has 0 spiro atoms. The van der Waals surface area contributed by atoms with Gasteiger partial charge in [0.05, 0.1) is 45.4 Å². The van der Waals surface area contributed by atoms with Crippen LogP contribution in [0.25, 0.3) is 0 Å². The average molecular weight is 443 g/mol. The van der Waals surface area contributed by atoms with E-state index in [0.717, 1.165) is 45.1 Å². The van der Waals surface area contributed by atoms with Crippen molar-refractivity contribution in [3.63, 3.8) is 0 Å². The van der Waals surface area contributed by atoms with Crippen molar-refractivity contribution in [2.45, 2.75) is 96.8 Å². The van der Waals surface area contributed by atoms with Crippen LogP contribution >= 0.6 is 0 Å². The summed E-state index contributed by atoms with van der Waals surface area (Å²) in [5.74, 6) is -2.50. The maximum Gasteiger partial charge on any atom is 0.303 e. The lowest BCUT2D eigenvalue weighted by Gasteiger charge is -2.39. The van der Waals surface area contributed by atoms with Crippen molar-refractivity contribution in [2.24, 2.45) is 0 Å². The smallest absolute Gasteiger partial charge is 0.303 e. The molecule has 7 heteroatoms. The Labute approximate surface area is 187 Å². The predicted molar refractivity (Wildman–Crippen MR) is 122 cm³/mol. The second-order valence-electron chi connectivity index (χ2n) is 8.54. The molecule has 180 valence electrons. The maximum absolute atomic E-state index is 11.0. The second-order valence-corrected chi connectivity index (χ2v) is 8.54. The molecule has 0 heterocycles. The summed E-state index contributed by atoms with van der Waals surface area (Å²) in [6.07, 6.45) is 15.4.